The van der Waals surface area contributed by atoms with Crippen molar-refractivity contribution in [1.82, 2.24) is 20.1 Å². The molecule has 0 radical (unpaired) electrons. The molecule has 0 fully saturated rings. The molecular formula is C18H24N4O. The smallest absolute Gasteiger partial charge is 0.216 e. The molecule has 0 atom stereocenters. The first-order chi connectivity index (χ1) is 11.1. The number of ether oxygens (including phenoxy) is 1. The Labute approximate surface area is 136 Å². The fourth-order valence-electron chi connectivity index (χ4n) is 3.01. The molecule has 0 amide bonds. The van der Waals surface area contributed by atoms with E-state index in [2.05, 4.69) is 53.5 Å². The fraction of sp³-hybridized carbons (Fsp3) is 0.389. The molecule has 23 heavy (non-hydrogen) atoms. The van der Waals surface area contributed by atoms with E-state index < -0.39 is 0 Å². The first kappa shape index (κ1) is 15.6. The van der Waals surface area contributed by atoms with Gasteiger partial charge in [0, 0.05) is 31.3 Å². The molecule has 0 bridgehead atoms. The average molecular weight is 312 g/mol. The Kier molecular flexibility index (Phi) is 4.39. The van der Waals surface area contributed by atoms with Crippen LogP contribution in [0, 0.1) is 0 Å². The minimum atomic E-state index is 0.370. The number of nitrogens with one attached hydrogen (secondary N) is 2. The Morgan fingerprint density at radius 3 is 2.74 bits per heavy atom. The Morgan fingerprint density at radius 1 is 1.26 bits per heavy atom. The van der Waals surface area contributed by atoms with Gasteiger partial charge in [-0.15, -0.1) is 0 Å². The van der Waals surface area contributed by atoms with Crippen molar-refractivity contribution in [1.29, 1.82) is 0 Å². The average Bonchev–Trinajstić information content (AvgIpc) is 3.07. The van der Waals surface area contributed by atoms with Crippen molar-refractivity contribution in [3.8, 4) is 5.88 Å². The second kappa shape index (κ2) is 6.46. The van der Waals surface area contributed by atoms with Crippen molar-refractivity contribution in [2.75, 3.05) is 7.11 Å². The van der Waals surface area contributed by atoms with Crippen LogP contribution in [0.4, 0.5) is 0 Å². The van der Waals surface area contributed by atoms with Gasteiger partial charge in [-0.1, -0.05) is 32.0 Å². The molecular weight excluding hydrogens is 288 g/mol. The Bertz CT molecular complexity index is 768. The summed E-state index contributed by atoms with van der Waals surface area (Å²) in [6.07, 6.45) is 0. The third-order valence-corrected chi connectivity index (χ3v) is 4.06. The number of hydrogen-bond donors (Lipinski definition) is 2. The molecule has 3 rings (SSSR count). The molecule has 5 nitrogen and oxygen atoms in total. The second-order valence-corrected chi connectivity index (χ2v) is 6.14. The van der Waals surface area contributed by atoms with Crippen LogP contribution in [0.5, 0.6) is 5.88 Å². The number of benzene rings is 1. The predicted octanol–water partition coefficient (Wildman–Crippen LogP) is 3.32. The normalized spacial score (nSPS) is 11.5. The molecule has 0 spiro atoms. The molecule has 2 N–H and O–H groups in total. The number of methoxy groups -OCH3 is 1. The van der Waals surface area contributed by atoms with Crippen LogP contribution >= 0.6 is 0 Å². The third-order valence-electron chi connectivity index (χ3n) is 4.06. The van der Waals surface area contributed by atoms with Crippen molar-refractivity contribution in [3.05, 3.63) is 47.3 Å². The first-order valence-electron chi connectivity index (χ1n) is 7.97. The van der Waals surface area contributed by atoms with E-state index in [-0.39, 0.29) is 0 Å². The lowest BCUT2D eigenvalue weighted by Gasteiger charge is -2.08. The maximum Gasteiger partial charge on any atom is 0.216 e. The van der Waals surface area contributed by atoms with Crippen LogP contribution in [0.25, 0.3) is 10.9 Å². The van der Waals surface area contributed by atoms with Gasteiger partial charge in [0.15, 0.2) is 0 Å². The summed E-state index contributed by atoms with van der Waals surface area (Å²) in [6, 6.07) is 10.5. The number of H-pyrrole nitrogens is 1. The number of rotatable bonds is 6. The maximum absolute atomic E-state index is 5.51. The lowest BCUT2D eigenvalue weighted by molar-refractivity contribution is 0.368. The highest BCUT2D eigenvalue weighted by molar-refractivity contribution is 5.80. The molecule has 122 valence electrons. The van der Waals surface area contributed by atoms with Gasteiger partial charge in [-0.2, -0.15) is 5.10 Å². The van der Waals surface area contributed by atoms with Crippen molar-refractivity contribution >= 4 is 10.9 Å². The molecule has 5 heteroatoms. The number of aryl methyl sites for hydroxylation is 1. The highest BCUT2D eigenvalue weighted by Crippen LogP contribution is 2.27. The van der Waals surface area contributed by atoms with E-state index in [0.717, 1.165) is 30.2 Å². The van der Waals surface area contributed by atoms with Gasteiger partial charge in [0.2, 0.25) is 5.88 Å². The summed E-state index contributed by atoms with van der Waals surface area (Å²) in [5, 5.41) is 9.32. The highest BCUT2D eigenvalue weighted by atomic mass is 16.5. The molecule has 0 aliphatic carbocycles. The van der Waals surface area contributed by atoms with E-state index in [1.165, 1.54) is 16.6 Å². The molecule has 0 saturated heterocycles. The third kappa shape index (κ3) is 3.10. The summed E-state index contributed by atoms with van der Waals surface area (Å²) in [4.78, 5) is 3.44. The lowest BCUT2D eigenvalue weighted by Crippen LogP contribution is -2.14. The first-order valence-corrected chi connectivity index (χ1v) is 7.97. The summed E-state index contributed by atoms with van der Waals surface area (Å²) in [7, 11) is 3.62. The van der Waals surface area contributed by atoms with Crippen LogP contribution in [0.2, 0.25) is 0 Å². The molecule has 2 heterocycles. The maximum atomic E-state index is 5.51. The SMILES string of the molecule is COc1c(CNCc2cc3ccccc3[nH]2)c(C(C)C)nn1C. The van der Waals surface area contributed by atoms with Crippen molar-refractivity contribution in [2.45, 2.75) is 32.9 Å². The minimum absolute atomic E-state index is 0.370. The predicted molar refractivity (Wildman–Crippen MR) is 92.7 cm³/mol. The molecule has 3 aromatic rings. The number of para-hydroxylation sites is 1. The van der Waals surface area contributed by atoms with Crippen molar-refractivity contribution in [3.63, 3.8) is 0 Å². The molecule has 2 aromatic heterocycles. The summed E-state index contributed by atoms with van der Waals surface area (Å²) in [6.45, 7) is 5.83. The van der Waals surface area contributed by atoms with Crippen LogP contribution < -0.4 is 10.1 Å². The Morgan fingerprint density at radius 2 is 2.04 bits per heavy atom. The molecule has 1 aromatic carbocycles. The summed E-state index contributed by atoms with van der Waals surface area (Å²) >= 11 is 0. The largest absolute Gasteiger partial charge is 0.481 e. The van der Waals surface area contributed by atoms with Gasteiger partial charge in [-0.05, 0) is 23.4 Å². The summed E-state index contributed by atoms with van der Waals surface area (Å²) in [5.74, 6) is 1.20. The molecule has 0 aliphatic heterocycles. The minimum Gasteiger partial charge on any atom is -0.481 e. The Hall–Kier alpha value is -2.27. The van der Waals surface area contributed by atoms with Crippen LogP contribution in [0.1, 0.15) is 36.7 Å². The zero-order chi connectivity index (χ0) is 16.4. The van der Waals surface area contributed by atoms with Gasteiger partial charge in [0.1, 0.15) is 0 Å². The molecule has 0 saturated carbocycles. The van der Waals surface area contributed by atoms with Crippen molar-refractivity contribution < 1.29 is 4.74 Å². The van der Waals surface area contributed by atoms with Gasteiger partial charge < -0.3 is 15.0 Å². The number of fused-ring (bicyclic) bond motifs is 1. The van der Waals surface area contributed by atoms with Crippen LogP contribution in [-0.4, -0.2) is 21.9 Å². The molecule has 0 unspecified atom stereocenters. The van der Waals surface area contributed by atoms with Gasteiger partial charge in [-0.3, -0.25) is 0 Å². The summed E-state index contributed by atoms with van der Waals surface area (Å²) < 4.78 is 7.33. The van der Waals surface area contributed by atoms with Crippen LogP contribution in [0.15, 0.2) is 30.3 Å². The number of aromatic nitrogens is 3. The van der Waals surface area contributed by atoms with Crippen LogP contribution in [-0.2, 0) is 20.1 Å². The number of hydrogen-bond acceptors (Lipinski definition) is 3. The fourth-order valence-corrected chi connectivity index (χ4v) is 3.01. The van der Waals surface area contributed by atoms with E-state index in [4.69, 9.17) is 4.74 Å². The topological polar surface area (TPSA) is 54.9 Å². The molecule has 0 aliphatic rings. The van der Waals surface area contributed by atoms with E-state index in [0.29, 0.717) is 5.92 Å². The standard InChI is InChI=1S/C18H24N4O/c1-12(2)17-15(18(23-4)22(3)21-17)11-19-10-14-9-13-7-5-6-8-16(13)20-14/h5-9,12,19-20H,10-11H2,1-4H3. The number of nitrogens with zero attached hydrogens (tertiary/aromatic N) is 2. The Balaban J connectivity index is 1.73. The quantitative estimate of drug-likeness (QED) is 0.734. The van der Waals surface area contributed by atoms with E-state index >= 15 is 0 Å². The van der Waals surface area contributed by atoms with Gasteiger partial charge in [0.05, 0.1) is 18.4 Å². The number of aromatic amines is 1. The highest BCUT2D eigenvalue weighted by Gasteiger charge is 2.18. The van der Waals surface area contributed by atoms with Crippen molar-refractivity contribution in [2.24, 2.45) is 7.05 Å². The lowest BCUT2D eigenvalue weighted by atomic mass is 10.1. The zero-order valence-corrected chi connectivity index (χ0v) is 14.2. The zero-order valence-electron chi connectivity index (χ0n) is 14.2. The van der Waals surface area contributed by atoms with Crippen LogP contribution in [0.3, 0.4) is 0 Å². The van der Waals surface area contributed by atoms with Gasteiger partial charge >= 0.3 is 0 Å². The van der Waals surface area contributed by atoms with E-state index in [9.17, 15) is 0 Å². The van der Waals surface area contributed by atoms with Gasteiger partial charge in [0.25, 0.3) is 0 Å². The van der Waals surface area contributed by atoms with E-state index in [1.807, 2.05) is 17.8 Å². The monoisotopic (exact) mass is 312 g/mol. The second-order valence-electron chi connectivity index (χ2n) is 6.14. The summed E-state index contributed by atoms with van der Waals surface area (Å²) in [5.41, 5.74) is 4.58. The van der Waals surface area contributed by atoms with E-state index in [1.54, 1.807) is 7.11 Å². The van der Waals surface area contributed by atoms with Gasteiger partial charge in [-0.25, -0.2) is 4.68 Å².